The molecule has 3 aromatic carbocycles. The van der Waals surface area contributed by atoms with Gasteiger partial charge in [0.25, 0.3) is 0 Å². The molecule has 2 aliphatic rings. The van der Waals surface area contributed by atoms with E-state index in [1.807, 2.05) is 25.7 Å². The van der Waals surface area contributed by atoms with Crippen LogP contribution in [0.15, 0.2) is 60.7 Å². The highest BCUT2D eigenvalue weighted by Gasteiger charge is 2.62. The number of carbonyl (C=O) groups is 2. The minimum atomic E-state index is -1.57. The molecule has 0 aromatic heterocycles. The number of aromatic carboxylic acids is 1. The van der Waals surface area contributed by atoms with Gasteiger partial charge >= 0.3 is 5.97 Å². The van der Waals surface area contributed by atoms with E-state index in [1.54, 1.807) is 18.2 Å². The summed E-state index contributed by atoms with van der Waals surface area (Å²) in [5.74, 6) is -3.65. The van der Waals surface area contributed by atoms with Crippen molar-refractivity contribution in [3.8, 4) is 0 Å². The number of rotatable bonds is 8. The first-order chi connectivity index (χ1) is 20.2. The van der Waals surface area contributed by atoms with Crippen molar-refractivity contribution in [3.63, 3.8) is 0 Å². The van der Waals surface area contributed by atoms with Gasteiger partial charge in [0.05, 0.1) is 22.2 Å². The Balaban J connectivity index is 1.73. The number of carbonyl (C=O) groups excluding carboxylic acids is 1. The molecule has 1 aliphatic carbocycles. The maximum absolute atomic E-state index is 16.0. The van der Waals surface area contributed by atoms with Crippen molar-refractivity contribution in [1.82, 2.24) is 4.90 Å². The van der Waals surface area contributed by atoms with Crippen LogP contribution in [-0.4, -0.2) is 40.5 Å². The quantitative estimate of drug-likeness (QED) is 0.241. The molecule has 4 N–H and O–H groups in total. The van der Waals surface area contributed by atoms with Crippen LogP contribution in [0.25, 0.3) is 0 Å². The van der Waals surface area contributed by atoms with Crippen LogP contribution in [0.3, 0.4) is 0 Å². The highest BCUT2D eigenvalue weighted by Crippen LogP contribution is 2.55. The number of likely N-dealkylation sites (tertiary alicyclic amines) is 1. The zero-order chi connectivity index (χ0) is 31.3. The molecule has 43 heavy (non-hydrogen) atoms. The molecule has 1 saturated carbocycles. The first-order valence-electron chi connectivity index (χ1n) is 14.3. The molecular formula is C33H35Cl2F2N3O3. The summed E-state index contributed by atoms with van der Waals surface area (Å²) in [7, 11) is 0. The van der Waals surface area contributed by atoms with E-state index in [0.29, 0.717) is 24.6 Å². The fourth-order valence-electron chi connectivity index (χ4n) is 6.42. The predicted octanol–water partition coefficient (Wildman–Crippen LogP) is 7.45. The lowest BCUT2D eigenvalue weighted by Crippen LogP contribution is -2.53. The normalized spacial score (nSPS) is 24.2. The number of hydrogen-bond acceptors (Lipinski definition) is 4. The molecule has 228 valence electrons. The molecule has 0 bridgehead atoms. The Morgan fingerprint density at radius 1 is 1.07 bits per heavy atom. The maximum Gasteiger partial charge on any atom is 0.335 e. The number of carboxylic acid groups (broad SMARTS) is 1. The van der Waals surface area contributed by atoms with E-state index in [-0.39, 0.29) is 32.2 Å². The highest BCUT2D eigenvalue weighted by atomic mass is 35.5. The van der Waals surface area contributed by atoms with E-state index in [4.69, 9.17) is 28.9 Å². The molecule has 4 unspecified atom stereocenters. The molecule has 6 nitrogen and oxygen atoms in total. The van der Waals surface area contributed by atoms with Crippen molar-refractivity contribution in [1.29, 1.82) is 0 Å². The Bertz CT molecular complexity index is 1540. The van der Waals surface area contributed by atoms with Gasteiger partial charge in [0.2, 0.25) is 5.91 Å². The Hall–Kier alpha value is -3.04. The summed E-state index contributed by atoms with van der Waals surface area (Å²) in [6.45, 7) is 6.66. The second kappa shape index (κ2) is 11.8. The third-order valence-corrected chi connectivity index (χ3v) is 9.02. The first kappa shape index (κ1) is 31.4. The van der Waals surface area contributed by atoms with E-state index in [0.717, 1.165) is 12.8 Å². The standard InChI is InChI=1S/C33H35Cl2F2N3O3/c1-32(2,3)16-26-33(38,23-14-11-20(34)15-25(23)36)27(22-5-4-6-24(35)28(22)37)29(40(26)17-18-7-8-18)30(41)39-21-12-9-19(10-13-21)31(42)43/h4-6,9-15,18,26-27,29H,7-8,16-17,38H2,1-3H3,(H,39,41)(H,42,43). The number of nitrogens with two attached hydrogens (primary N) is 1. The average Bonchev–Trinajstić information content (AvgIpc) is 3.71. The van der Waals surface area contributed by atoms with Gasteiger partial charge in [-0.2, -0.15) is 0 Å². The molecule has 1 saturated heterocycles. The topological polar surface area (TPSA) is 95.7 Å². The molecule has 10 heteroatoms. The first-order valence-corrected chi connectivity index (χ1v) is 15.0. The SMILES string of the molecule is CC(C)(C)CC1N(CC2CC2)C(C(=O)Nc2ccc(C(=O)O)cc2)C(c2cccc(Cl)c2F)C1(N)c1ccc(Cl)cc1F. The fraction of sp³-hybridized carbons (Fsp3) is 0.394. The third-order valence-electron chi connectivity index (χ3n) is 8.49. The predicted molar refractivity (Wildman–Crippen MR) is 165 cm³/mol. The molecule has 1 amide bonds. The van der Waals surface area contributed by atoms with Gasteiger partial charge in [0.1, 0.15) is 11.6 Å². The van der Waals surface area contributed by atoms with Gasteiger partial charge in [-0.1, -0.05) is 62.2 Å². The summed E-state index contributed by atoms with van der Waals surface area (Å²) in [4.78, 5) is 27.8. The van der Waals surface area contributed by atoms with Gasteiger partial charge in [-0.25, -0.2) is 13.6 Å². The van der Waals surface area contributed by atoms with Crippen molar-refractivity contribution in [2.24, 2.45) is 17.1 Å². The number of benzene rings is 3. The summed E-state index contributed by atoms with van der Waals surface area (Å²) in [6, 6.07) is 13.0. The van der Waals surface area contributed by atoms with Crippen molar-refractivity contribution < 1.29 is 23.5 Å². The number of halogens is 4. The van der Waals surface area contributed by atoms with Crippen LogP contribution in [0.2, 0.25) is 10.0 Å². The van der Waals surface area contributed by atoms with Crippen LogP contribution in [-0.2, 0) is 10.3 Å². The van der Waals surface area contributed by atoms with Crippen LogP contribution in [0, 0.1) is 23.0 Å². The summed E-state index contributed by atoms with van der Waals surface area (Å²) in [6.07, 6.45) is 2.44. The largest absolute Gasteiger partial charge is 0.478 e. The monoisotopic (exact) mass is 629 g/mol. The summed E-state index contributed by atoms with van der Waals surface area (Å²) in [5, 5.41) is 12.3. The second-order valence-electron chi connectivity index (χ2n) is 12.9. The molecule has 3 aromatic rings. The van der Waals surface area contributed by atoms with Gasteiger partial charge < -0.3 is 16.2 Å². The van der Waals surface area contributed by atoms with Crippen molar-refractivity contribution in [3.05, 3.63) is 99.0 Å². The number of nitrogens with one attached hydrogen (secondary N) is 1. The molecule has 1 heterocycles. The van der Waals surface area contributed by atoms with E-state index in [9.17, 15) is 14.7 Å². The van der Waals surface area contributed by atoms with Crippen LogP contribution >= 0.6 is 23.2 Å². The maximum atomic E-state index is 16.0. The minimum absolute atomic E-state index is 0.0672. The summed E-state index contributed by atoms with van der Waals surface area (Å²) in [5.41, 5.74) is 6.28. The Kier molecular flexibility index (Phi) is 8.62. The zero-order valence-electron chi connectivity index (χ0n) is 24.2. The fourth-order valence-corrected chi connectivity index (χ4v) is 6.76. The third kappa shape index (κ3) is 6.29. The van der Waals surface area contributed by atoms with Crippen molar-refractivity contribution in [2.45, 2.75) is 63.6 Å². The number of anilines is 1. The van der Waals surface area contributed by atoms with E-state index >= 15 is 8.78 Å². The van der Waals surface area contributed by atoms with Gasteiger partial charge in [0.15, 0.2) is 0 Å². The Labute approximate surface area is 260 Å². The molecule has 5 rings (SSSR count). The molecule has 0 spiro atoms. The number of amides is 1. The van der Waals surface area contributed by atoms with Crippen LogP contribution in [0.4, 0.5) is 14.5 Å². The van der Waals surface area contributed by atoms with Gasteiger partial charge in [-0.3, -0.25) is 9.69 Å². The van der Waals surface area contributed by atoms with Gasteiger partial charge in [-0.15, -0.1) is 0 Å². The summed E-state index contributed by atoms with van der Waals surface area (Å²) < 4.78 is 32.0. The average molecular weight is 631 g/mol. The Morgan fingerprint density at radius 2 is 1.74 bits per heavy atom. The van der Waals surface area contributed by atoms with E-state index < -0.39 is 47.1 Å². The number of nitrogens with zero attached hydrogens (tertiary/aromatic N) is 1. The van der Waals surface area contributed by atoms with Gasteiger partial charge in [0, 0.05) is 34.8 Å². The molecule has 0 radical (unpaired) electrons. The van der Waals surface area contributed by atoms with E-state index in [1.165, 1.54) is 42.5 Å². The molecule has 2 fully saturated rings. The van der Waals surface area contributed by atoms with Crippen LogP contribution in [0.1, 0.15) is 67.4 Å². The lowest BCUT2D eigenvalue weighted by atomic mass is 9.68. The highest BCUT2D eigenvalue weighted by molar-refractivity contribution is 6.31. The number of carboxylic acids is 1. The number of hydrogen-bond donors (Lipinski definition) is 3. The zero-order valence-corrected chi connectivity index (χ0v) is 25.7. The molecule has 1 aliphatic heterocycles. The minimum Gasteiger partial charge on any atom is -0.478 e. The summed E-state index contributed by atoms with van der Waals surface area (Å²) >= 11 is 12.4. The lowest BCUT2D eigenvalue weighted by molar-refractivity contribution is -0.121. The lowest BCUT2D eigenvalue weighted by Gasteiger charge is -2.41. The van der Waals surface area contributed by atoms with Crippen molar-refractivity contribution in [2.75, 3.05) is 11.9 Å². The second-order valence-corrected chi connectivity index (χ2v) is 13.8. The molecular weight excluding hydrogens is 595 g/mol. The van der Waals surface area contributed by atoms with Crippen LogP contribution < -0.4 is 11.1 Å². The Morgan fingerprint density at radius 3 is 2.33 bits per heavy atom. The van der Waals surface area contributed by atoms with Gasteiger partial charge in [-0.05, 0) is 78.6 Å². The van der Waals surface area contributed by atoms with Crippen molar-refractivity contribution >= 4 is 40.8 Å². The molecule has 4 atom stereocenters. The smallest absolute Gasteiger partial charge is 0.335 e. The van der Waals surface area contributed by atoms with Crippen LogP contribution in [0.5, 0.6) is 0 Å². The van der Waals surface area contributed by atoms with E-state index in [2.05, 4.69) is 5.32 Å².